The first-order chi connectivity index (χ1) is 22.2. The predicted molar refractivity (Wildman–Crippen MR) is 180 cm³/mol. The molecule has 49 heavy (non-hydrogen) atoms. The number of hydrogen-bond acceptors (Lipinski definition) is 13. The first-order valence-electron chi connectivity index (χ1n) is 16.4. The topological polar surface area (TPSA) is 174 Å². The van der Waals surface area contributed by atoms with E-state index in [2.05, 4.69) is 15.6 Å². The lowest BCUT2D eigenvalue weighted by molar-refractivity contribution is -0.134. The molecule has 6 bridgehead atoms. The molecule has 2 amide bonds. The molecule has 5 fully saturated rings. The molecule has 6 atom stereocenters. The van der Waals surface area contributed by atoms with Crippen LogP contribution < -0.4 is 5.32 Å². The van der Waals surface area contributed by atoms with Crippen LogP contribution in [0, 0.1) is 0 Å². The Hall–Kier alpha value is -3.27. The van der Waals surface area contributed by atoms with Gasteiger partial charge in [-0.2, -0.15) is 0 Å². The lowest BCUT2D eigenvalue weighted by Crippen LogP contribution is -2.60. The maximum Gasteiger partial charge on any atom is 0.410 e. The van der Waals surface area contributed by atoms with E-state index in [-0.39, 0.29) is 57.0 Å². The summed E-state index contributed by atoms with van der Waals surface area (Å²) in [7, 11) is 0. The van der Waals surface area contributed by atoms with E-state index in [1.165, 1.54) is 5.56 Å². The van der Waals surface area contributed by atoms with Gasteiger partial charge in [-0.3, -0.25) is 14.6 Å². The summed E-state index contributed by atoms with van der Waals surface area (Å²) in [5, 5.41) is 19.6. The Balaban J connectivity index is 0.000000198. The number of Topliss-reactive ketones (excluding diaryl/α,β-unsaturated/α-hetero) is 1. The van der Waals surface area contributed by atoms with Gasteiger partial charge in [0.25, 0.3) is 0 Å². The van der Waals surface area contributed by atoms with Crippen molar-refractivity contribution in [2.24, 2.45) is 5.16 Å². The van der Waals surface area contributed by atoms with Crippen LogP contribution in [0.2, 0.25) is 0 Å². The summed E-state index contributed by atoms with van der Waals surface area (Å²) < 4.78 is 32.0. The summed E-state index contributed by atoms with van der Waals surface area (Å²) in [6.07, 6.45) is 3.88. The molecule has 15 nitrogen and oxygen atoms in total. The zero-order valence-corrected chi connectivity index (χ0v) is 28.2. The minimum absolute atomic E-state index is 0. The fourth-order valence-electron chi connectivity index (χ4n) is 6.72. The van der Waals surface area contributed by atoms with Gasteiger partial charge in [0, 0.05) is 43.7 Å². The van der Waals surface area contributed by atoms with Crippen LogP contribution in [0.25, 0.3) is 0 Å². The zero-order valence-electron chi connectivity index (χ0n) is 28.2. The van der Waals surface area contributed by atoms with E-state index >= 15 is 0 Å². The first-order valence-corrected chi connectivity index (χ1v) is 16.4. The Kier molecular flexibility index (Phi) is 13.6. The highest BCUT2D eigenvalue weighted by molar-refractivity contribution is 5.87. The van der Waals surface area contributed by atoms with Crippen molar-refractivity contribution in [3.05, 3.63) is 17.5 Å². The van der Waals surface area contributed by atoms with E-state index in [9.17, 15) is 14.4 Å². The number of nitrogens with one attached hydrogen (secondary N) is 1. The van der Waals surface area contributed by atoms with E-state index in [1.807, 2.05) is 41.5 Å². The average molecular weight is 696 g/mol. The fraction of sp³-hybridized carbons (Fsp3) is 0.794. The third-order valence-corrected chi connectivity index (χ3v) is 8.57. The molecule has 6 aliphatic rings. The maximum atomic E-state index is 12.2. The van der Waals surface area contributed by atoms with Gasteiger partial charge in [0.05, 0.1) is 81.3 Å². The van der Waals surface area contributed by atoms with E-state index in [0.29, 0.717) is 64.2 Å². The summed E-state index contributed by atoms with van der Waals surface area (Å²) in [4.78, 5) is 39.2. The third kappa shape index (κ3) is 10.4. The molecule has 7 heterocycles. The molecule has 0 aliphatic carbocycles. The summed E-state index contributed by atoms with van der Waals surface area (Å²) in [6, 6.07) is 0.270. The Morgan fingerprint density at radius 3 is 1.73 bits per heavy atom. The van der Waals surface area contributed by atoms with Gasteiger partial charge in [0.1, 0.15) is 23.2 Å². The first kappa shape index (κ1) is 40.2. The molecule has 15 heteroatoms. The number of fused-ring (bicyclic) bond motifs is 8. The lowest BCUT2D eigenvalue weighted by Gasteiger charge is -2.45. The monoisotopic (exact) mass is 695 g/mol. The molecule has 6 unspecified atom stereocenters. The van der Waals surface area contributed by atoms with Crippen LogP contribution in [0.5, 0.6) is 0 Å². The number of oxime groups is 1. The molecule has 278 valence electrons. The molecular weight excluding hydrogens is 638 g/mol. The van der Waals surface area contributed by atoms with E-state index in [0.717, 1.165) is 31.0 Å². The van der Waals surface area contributed by atoms with Crippen molar-refractivity contribution < 1.29 is 47.8 Å². The van der Waals surface area contributed by atoms with Crippen LogP contribution in [0.15, 0.2) is 15.9 Å². The van der Waals surface area contributed by atoms with Crippen LogP contribution >= 0.6 is 0 Å². The second kappa shape index (κ2) is 16.6. The average Bonchev–Trinajstić information content (AvgIpc) is 3.44. The number of amides is 2. The standard InChI is InChI=1S/C12H20N2O4.C12H19NO4.C8H10N2O2.2CH4/c1-12(2,3)18-11(15)14-9-4-8(13-16)5-10(14)7-17-6-9;1-12(2,3)17-11(15)13-8-4-10(14)5-9(13)7-16-6-8;1-5-2-11-4-8(9-5)6-3-12-10-7(1)6;;/h9-10,16H,4-7H2,1-3H3;8-9H,4-7H2,1-3H3;3,5,8-9H,1-2,4H2;2*1H4. The molecule has 0 aromatic carbocycles. The molecule has 1 aromatic heterocycles. The highest BCUT2D eigenvalue weighted by Gasteiger charge is 2.44. The van der Waals surface area contributed by atoms with Crippen molar-refractivity contribution in [1.82, 2.24) is 20.3 Å². The van der Waals surface area contributed by atoms with Crippen LogP contribution in [0.3, 0.4) is 0 Å². The second-order valence-electron chi connectivity index (χ2n) is 14.9. The molecule has 0 radical (unpaired) electrons. The van der Waals surface area contributed by atoms with Crippen molar-refractivity contribution in [3.63, 3.8) is 0 Å². The molecule has 6 aliphatic heterocycles. The number of carbonyl (C=O) groups is 3. The Bertz CT molecular complexity index is 1270. The van der Waals surface area contributed by atoms with E-state index < -0.39 is 11.2 Å². The highest BCUT2D eigenvalue weighted by Crippen LogP contribution is 2.30. The van der Waals surface area contributed by atoms with Gasteiger partial charge in [-0.1, -0.05) is 25.2 Å². The van der Waals surface area contributed by atoms with Gasteiger partial charge in [0.15, 0.2) is 0 Å². The van der Waals surface area contributed by atoms with Gasteiger partial charge in [0.2, 0.25) is 0 Å². The maximum absolute atomic E-state index is 12.2. The summed E-state index contributed by atoms with van der Waals surface area (Å²) >= 11 is 0. The van der Waals surface area contributed by atoms with Crippen LogP contribution in [-0.2, 0) is 34.9 Å². The van der Waals surface area contributed by atoms with E-state index in [4.69, 9.17) is 33.4 Å². The second-order valence-corrected chi connectivity index (χ2v) is 14.9. The number of rotatable bonds is 0. The third-order valence-electron chi connectivity index (χ3n) is 8.57. The summed E-state index contributed by atoms with van der Waals surface area (Å²) in [5.41, 5.74) is 2.00. The van der Waals surface area contributed by atoms with Crippen molar-refractivity contribution in [1.29, 1.82) is 0 Å². The number of hydrogen-bond donors (Lipinski definition) is 2. The number of piperidine rings is 2. The zero-order chi connectivity index (χ0) is 33.9. The highest BCUT2D eigenvalue weighted by atomic mass is 16.6. The number of carbonyl (C=O) groups excluding carboxylic acids is 3. The lowest BCUT2D eigenvalue weighted by atomic mass is 9.93. The molecule has 0 saturated carbocycles. The number of ketones is 1. The fourth-order valence-corrected chi connectivity index (χ4v) is 6.72. The predicted octanol–water partition coefficient (Wildman–Crippen LogP) is 4.50. The van der Waals surface area contributed by atoms with Crippen molar-refractivity contribution in [2.75, 3.05) is 39.6 Å². The largest absolute Gasteiger partial charge is 0.444 e. The van der Waals surface area contributed by atoms with Crippen molar-refractivity contribution in [3.8, 4) is 0 Å². The van der Waals surface area contributed by atoms with Crippen LogP contribution in [-0.4, -0.2) is 125 Å². The Morgan fingerprint density at radius 1 is 0.796 bits per heavy atom. The van der Waals surface area contributed by atoms with Crippen molar-refractivity contribution in [2.45, 2.75) is 136 Å². The number of morpholine rings is 3. The van der Waals surface area contributed by atoms with Gasteiger partial charge >= 0.3 is 12.2 Å². The molecular formula is C34H57N5O10. The minimum Gasteiger partial charge on any atom is -0.444 e. The number of ether oxygens (including phenoxy) is 5. The molecule has 2 N–H and O–H groups in total. The minimum atomic E-state index is -0.506. The molecule has 0 spiro atoms. The smallest absolute Gasteiger partial charge is 0.410 e. The SMILES string of the molecule is C.C.CC(C)(C)OC(=O)N1C2COCC1CC(=NO)C2.CC(C)(C)OC(=O)N1C2COCC1CC(=O)C2.c1onc2c1C1COCC(C2)N1. The van der Waals surface area contributed by atoms with Gasteiger partial charge in [-0.25, -0.2) is 9.59 Å². The van der Waals surface area contributed by atoms with Crippen molar-refractivity contribution >= 4 is 23.7 Å². The molecule has 5 saturated heterocycles. The van der Waals surface area contributed by atoms with Crippen LogP contribution in [0.1, 0.15) is 99.4 Å². The Labute approximate surface area is 289 Å². The normalized spacial score (nSPS) is 28.4. The summed E-state index contributed by atoms with van der Waals surface area (Å²) in [5.74, 6) is 0.211. The van der Waals surface area contributed by atoms with Gasteiger partial charge in [-0.05, 0) is 41.5 Å². The quantitative estimate of drug-likeness (QED) is 0.288. The van der Waals surface area contributed by atoms with E-state index in [1.54, 1.807) is 16.1 Å². The van der Waals surface area contributed by atoms with Crippen LogP contribution in [0.4, 0.5) is 9.59 Å². The Morgan fingerprint density at radius 2 is 1.27 bits per heavy atom. The van der Waals surface area contributed by atoms with Gasteiger partial charge < -0.3 is 38.7 Å². The summed E-state index contributed by atoms with van der Waals surface area (Å²) in [6.45, 7) is 14.4. The number of nitrogens with zero attached hydrogens (tertiary/aromatic N) is 4. The number of aromatic nitrogens is 1. The van der Waals surface area contributed by atoms with Gasteiger partial charge in [-0.15, -0.1) is 0 Å². The molecule has 7 rings (SSSR count). The molecule has 1 aromatic rings.